The number of benzene rings is 1. The van der Waals surface area contributed by atoms with E-state index in [-0.39, 0.29) is 18.0 Å². The summed E-state index contributed by atoms with van der Waals surface area (Å²) in [5.41, 5.74) is 3.11. The van der Waals surface area contributed by atoms with Crippen molar-refractivity contribution in [3.05, 3.63) is 64.5 Å². The van der Waals surface area contributed by atoms with E-state index in [1.54, 1.807) is 24.4 Å². The maximum atomic E-state index is 12.7. The number of amides is 1. The van der Waals surface area contributed by atoms with Gasteiger partial charge in [-0.25, -0.2) is 9.67 Å². The molecule has 2 aromatic heterocycles. The molecule has 0 bridgehead atoms. The lowest BCUT2D eigenvalue weighted by molar-refractivity contribution is -0.133. The number of aromatic nitrogens is 4. The van der Waals surface area contributed by atoms with E-state index in [4.69, 9.17) is 4.74 Å². The molecule has 0 unspecified atom stereocenters. The number of hydrogen-bond donors (Lipinski definition) is 1. The van der Waals surface area contributed by atoms with Gasteiger partial charge in [0.2, 0.25) is 5.91 Å². The first-order chi connectivity index (χ1) is 13.1. The summed E-state index contributed by atoms with van der Waals surface area (Å²) in [6, 6.07) is 10.5. The number of rotatable bonds is 4. The number of H-pyrrole nitrogens is 1. The minimum absolute atomic E-state index is 0.0910. The fraction of sp³-hybridized carbons (Fsp3) is 0.263. The highest BCUT2D eigenvalue weighted by Gasteiger charge is 2.23. The third kappa shape index (κ3) is 3.46. The molecule has 1 aliphatic heterocycles. The molecule has 1 amide bonds. The van der Waals surface area contributed by atoms with Crippen molar-refractivity contribution in [3.8, 4) is 17.0 Å². The minimum Gasteiger partial charge on any atom is -0.497 e. The van der Waals surface area contributed by atoms with Gasteiger partial charge in [0, 0.05) is 24.6 Å². The molecule has 8 nitrogen and oxygen atoms in total. The van der Waals surface area contributed by atoms with E-state index < -0.39 is 0 Å². The molecule has 3 heterocycles. The van der Waals surface area contributed by atoms with E-state index in [0.29, 0.717) is 25.2 Å². The smallest absolute Gasteiger partial charge is 0.267 e. The van der Waals surface area contributed by atoms with Gasteiger partial charge in [-0.15, -0.1) is 0 Å². The number of carbonyl (C=O) groups is 1. The molecule has 8 heteroatoms. The molecular formula is C19H19N5O3. The van der Waals surface area contributed by atoms with E-state index in [9.17, 15) is 9.59 Å². The number of carbonyl (C=O) groups excluding carboxylic acids is 1. The van der Waals surface area contributed by atoms with E-state index in [2.05, 4.69) is 15.1 Å². The van der Waals surface area contributed by atoms with E-state index in [0.717, 1.165) is 22.7 Å². The molecular weight excluding hydrogens is 346 g/mol. The summed E-state index contributed by atoms with van der Waals surface area (Å²) in [5.74, 6) is 0.599. The van der Waals surface area contributed by atoms with Gasteiger partial charge in [0.1, 0.15) is 12.3 Å². The molecule has 27 heavy (non-hydrogen) atoms. The van der Waals surface area contributed by atoms with Crippen molar-refractivity contribution < 1.29 is 9.53 Å². The Bertz CT molecular complexity index is 1020. The predicted octanol–water partition coefficient (Wildman–Crippen LogP) is 1.23. The normalized spacial score (nSPS) is 13.3. The number of nitrogens with zero attached hydrogens (tertiary/aromatic N) is 4. The average molecular weight is 365 g/mol. The predicted molar refractivity (Wildman–Crippen MR) is 98.2 cm³/mol. The molecule has 1 aliphatic rings. The Balaban J connectivity index is 1.53. The number of aromatic amines is 1. The molecule has 0 saturated carbocycles. The Morgan fingerprint density at radius 1 is 1.22 bits per heavy atom. The van der Waals surface area contributed by atoms with Crippen LogP contribution in [0.2, 0.25) is 0 Å². The van der Waals surface area contributed by atoms with Crippen LogP contribution in [0.25, 0.3) is 11.3 Å². The van der Waals surface area contributed by atoms with Crippen LogP contribution in [-0.2, 0) is 24.3 Å². The van der Waals surface area contributed by atoms with Crippen LogP contribution in [0.5, 0.6) is 5.75 Å². The first-order valence-corrected chi connectivity index (χ1v) is 8.65. The van der Waals surface area contributed by atoms with E-state index in [1.807, 2.05) is 24.3 Å². The van der Waals surface area contributed by atoms with Crippen LogP contribution >= 0.6 is 0 Å². The quantitative estimate of drug-likeness (QED) is 0.751. The van der Waals surface area contributed by atoms with Crippen LogP contribution < -0.4 is 10.3 Å². The standard InChI is InChI=1S/C19H19N5O3/c1-27-14-4-2-13(3-5-14)15-6-7-18(25)24(22-15)11-19(26)23-9-8-16-17(10-23)21-12-20-16/h2-7,12H,8-11H2,1H3,(H,20,21). The lowest BCUT2D eigenvalue weighted by Crippen LogP contribution is -2.40. The summed E-state index contributed by atoms with van der Waals surface area (Å²) in [6.45, 7) is 0.969. The molecule has 3 aromatic rings. The fourth-order valence-electron chi connectivity index (χ4n) is 3.13. The lowest BCUT2D eigenvalue weighted by Gasteiger charge is -2.26. The van der Waals surface area contributed by atoms with Crippen LogP contribution in [0.1, 0.15) is 11.4 Å². The Hall–Kier alpha value is -3.42. The van der Waals surface area contributed by atoms with Crippen LogP contribution in [0.4, 0.5) is 0 Å². The van der Waals surface area contributed by atoms with Gasteiger partial charge in [-0.05, 0) is 30.3 Å². The van der Waals surface area contributed by atoms with Crippen molar-refractivity contribution in [1.82, 2.24) is 24.6 Å². The largest absolute Gasteiger partial charge is 0.497 e. The van der Waals surface area contributed by atoms with Crippen molar-refractivity contribution >= 4 is 5.91 Å². The number of ether oxygens (including phenoxy) is 1. The van der Waals surface area contributed by atoms with E-state index in [1.165, 1.54) is 10.7 Å². The second-order valence-electron chi connectivity index (χ2n) is 6.34. The van der Waals surface area contributed by atoms with Crippen molar-refractivity contribution in [2.75, 3.05) is 13.7 Å². The van der Waals surface area contributed by atoms with Gasteiger partial charge in [-0.1, -0.05) is 0 Å². The number of imidazole rings is 1. The second kappa shape index (κ2) is 7.06. The Morgan fingerprint density at radius 3 is 2.81 bits per heavy atom. The Labute approximate surface area is 155 Å². The molecule has 0 fully saturated rings. The zero-order chi connectivity index (χ0) is 18.8. The van der Waals surface area contributed by atoms with Gasteiger partial charge in [0.25, 0.3) is 5.56 Å². The molecule has 0 spiro atoms. The molecule has 0 saturated heterocycles. The first-order valence-electron chi connectivity index (χ1n) is 8.65. The molecule has 4 rings (SSSR count). The van der Waals surface area contributed by atoms with Crippen molar-refractivity contribution in [2.24, 2.45) is 0 Å². The summed E-state index contributed by atoms with van der Waals surface area (Å²) in [6.07, 6.45) is 2.35. The summed E-state index contributed by atoms with van der Waals surface area (Å²) in [7, 11) is 1.60. The summed E-state index contributed by atoms with van der Waals surface area (Å²) < 4.78 is 6.37. The van der Waals surface area contributed by atoms with Crippen LogP contribution in [-0.4, -0.2) is 44.2 Å². The zero-order valence-electron chi connectivity index (χ0n) is 14.9. The molecule has 0 aliphatic carbocycles. The second-order valence-corrected chi connectivity index (χ2v) is 6.34. The molecule has 1 aromatic carbocycles. The van der Waals surface area contributed by atoms with Crippen molar-refractivity contribution in [1.29, 1.82) is 0 Å². The SMILES string of the molecule is COc1ccc(-c2ccc(=O)n(CC(=O)N3CCc4nc[nH]c4C3)n2)cc1. The lowest BCUT2D eigenvalue weighted by atomic mass is 10.1. The monoisotopic (exact) mass is 365 g/mol. The Kier molecular flexibility index (Phi) is 4.45. The van der Waals surface area contributed by atoms with Crippen LogP contribution in [0.3, 0.4) is 0 Å². The van der Waals surface area contributed by atoms with E-state index >= 15 is 0 Å². The molecule has 1 N–H and O–H groups in total. The van der Waals surface area contributed by atoms with Gasteiger partial charge in [0.05, 0.1) is 37.1 Å². The van der Waals surface area contributed by atoms with Crippen LogP contribution in [0, 0.1) is 0 Å². The summed E-state index contributed by atoms with van der Waals surface area (Å²) in [4.78, 5) is 33.8. The molecule has 138 valence electrons. The van der Waals surface area contributed by atoms with Crippen molar-refractivity contribution in [2.45, 2.75) is 19.5 Å². The zero-order valence-corrected chi connectivity index (χ0v) is 14.9. The number of hydrogen-bond acceptors (Lipinski definition) is 5. The highest BCUT2D eigenvalue weighted by atomic mass is 16.5. The number of fused-ring (bicyclic) bond motifs is 1. The van der Waals surface area contributed by atoms with Crippen molar-refractivity contribution in [3.63, 3.8) is 0 Å². The Morgan fingerprint density at radius 2 is 2.04 bits per heavy atom. The first kappa shape index (κ1) is 17.0. The number of nitrogens with one attached hydrogen (secondary N) is 1. The maximum Gasteiger partial charge on any atom is 0.267 e. The van der Waals surface area contributed by atoms with Gasteiger partial charge in [-0.2, -0.15) is 5.10 Å². The van der Waals surface area contributed by atoms with Gasteiger partial charge in [-0.3, -0.25) is 9.59 Å². The molecule has 0 atom stereocenters. The highest BCUT2D eigenvalue weighted by Crippen LogP contribution is 2.20. The fourth-order valence-corrected chi connectivity index (χ4v) is 3.13. The third-order valence-corrected chi connectivity index (χ3v) is 4.67. The highest BCUT2D eigenvalue weighted by molar-refractivity contribution is 5.76. The van der Waals surface area contributed by atoms with Crippen LogP contribution in [0.15, 0.2) is 47.5 Å². The van der Waals surface area contributed by atoms with Gasteiger partial charge < -0.3 is 14.6 Å². The topological polar surface area (TPSA) is 93.1 Å². The minimum atomic E-state index is -0.306. The number of methoxy groups -OCH3 is 1. The maximum absolute atomic E-state index is 12.7. The summed E-state index contributed by atoms with van der Waals surface area (Å²) >= 11 is 0. The summed E-state index contributed by atoms with van der Waals surface area (Å²) in [5, 5.41) is 4.36. The third-order valence-electron chi connectivity index (χ3n) is 4.67. The average Bonchev–Trinajstić information content (AvgIpc) is 3.17. The van der Waals surface area contributed by atoms with Gasteiger partial charge >= 0.3 is 0 Å². The molecule has 0 radical (unpaired) electrons. The van der Waals surface area contributed by atoms with Gasteiger partial charge in [0.15, 0.2) is 0 Å².